The third kappa shape index (κ3) is 2.49. The number of aryl methyl sites for hydroxylation is 1. The van der Waals surface area contributed by atoms with Crippen molar-refractivity contribution in [2.45, 2.75) is 38.1 Å². The van der Waals surface area contributed by atoms with Crippen LogP contribution in [0.15, 0.2) is 12.3 Å². The average Bonchev–Trinajstić information content (AvgIpc) is 2.81. The molecule has 1 aromatic heterocycles. The van der Waals surface area contributed by atoms with Crippen molar-refractivity contribution in [2.75, 3.05) is 5.32 Å². The summed E-state index contributed by atoms with van der Waals surface area (Å²) in [5.41, 5.74) is -0.659. The zero-order chi connectivity index (χ0) is 14.0. The number of hydrogen-bond acceptors (Lipinski definition) is 5. The minimum absolute atomic E-state index is 0.0277. The van der Waals surface area contributed by atoms with E-state index in [1.807, 2.05) is 0 Å². The Kier molecular flexibility index (Phi) is 3.37. The molecule has 0 amide bonds. The monoisotopic (exact) mass is 265 g/mol. The highest BCUT2D eigenvalue weighted by molar-refractivity contribution is 5.83. The quantitative estimate of drug-likeness (QED) is 0.638. The first-order valence-electron chi connectivity index (χ1n) is 6.07. The minimum Gasteiger partial charge on any atom is -0.480 e. The van der Waals surface area contributed by atoms with Gasteiger partial charge in [0.1, 0.15) is 5.54 Å². The number of aliphatic carboxylic acids is 1. The summed E-state index contributed by atoms with van der Waals surface area (Å²) in [6.07, 6.45) is 3.97. The molecule has 0 aliphatic heterocycles. The third-order valence-electron chi connectivity index (χ3n) is 3.43. The van der Waals surface area contributed by atoms with Crippen LogP contribution in [-0.2, 0) is 4.79 Å². The van der Waals surface area contributed by atoms with Gasteiger partial charge in [0.2, 0.25) is 5.82 Å². The smallest absolute Gasteiger partial charge is 0.329 e. The van der Waals surface area contributed by atoms with E-state index in [0.29, 0.717) is 18.4 Å². The molecule has 7 nitrogen and oxygen atoms in total. The number of carbonyl (C=O) groups is 1. The lowest BCUT2D eigenvalue weighted by Crippen LogP contribution is -2.44. The summed E-state index contributed by atoms with van der Waals surface area (Å²) in [6, 6.07) is 1.39. The summed E-state index contributed by atoms with van der Waals surface area (Å²) in [6.45, 7) is 1.70. The normalized spacial score (nSPS) is 17.1. The van der Waals surface area contributed by atoms with Gasteiger partial charge in [-0.05, 0) is 25.3 Å². The molecule has 0 atom stereocenters. The molecule has 1 saturated carbocycles. The number of nitrogens with one attached hydrogen (secondary N) is 1. The van der Waals surface area contributed by atoms with Crippen LogP contribution in [0.3, 0.4) is 0 Å². The molecule has 0 aromatic carbocycles. The summed E-state index contributed by atoms with van der Waals surface area (Å²) < 4.78 is 0. The Balaban J connectivity index is 2.37. The molecule has 19 heavy (non-hydrogen) atoms. The van der Waals surface area contributed by atoms with Crippen LogP contribution in [0.5, 0.6) is 0 Å². The molecule has 0 radical (unpaired) electrons. The zero-order valence-electron chi connectivity index (χ0n) is 10.5. The first-order chi connectivity index (χ1) is 8.94. The molecular formula is C12H15N3O4. The predicted octanol–water partition coefficient (Wildman–Crippen LogP) is 2.11. The predicted molar refractivity (Wildman–Crippen MR) is 68.1 cm³/mol. The molecule has 0 bridgehead atoms. The van der Waals surface area contributed by atoms with Gasteiger partial charge in [0.25, 0.3) is 0 Å². The number of rotatable bonds is 4. The van der Waals surface area contributed by atoms with Crippen molar-refractivity contribution in [3.63, 3.8) is 0 Å². The number of aromatic nitrogens is 1. The zero-order valence-corrected chi connectivity index (χ0v) is 10.5. The molecule has 0 spiro atoms. The Bertz CT molecular complexity index is 524. The standard InChI is InChI=1S/C12H15N3O4/c1-8-6-9(15(18)19)10(13-7-8)14-12(11(16)17)4-2-3-5-12/h6-7H,2-5H2,1H3,(H,13,14)(H,16,17). The van der Waals surface area contributed by atoms with Crippen LogP contribution in [0.2, 0.25) is 0 Å². The van der Waals surface area contributed by atoms with Crippen LogP contribution in [0.1, 0.15) is 31.2 Å². The van der Waals surface area contributed by atoms with Gasteiger partial charge in [0.15, 0.2) is 0 Å². The molecule has 1 aliphatic carbocycles. The lowest BCUT2D eigenvalue weighted by Gasteiger charge is -2.25. The van der Waals surface area contributed by atoms with Gasteiger partial charge in [0.05, 0.1) is 4.92 Å². The van der Waals surface area contributed by atoms with Gasteiger partial charge in [0, 0.05) is 12.3 Å². The van der Waals surface area contributed by atoms with Crippen LogP contribution in [-0.4, -0.2) is 26.5 Å². The number of nitro groups is 1. The molecule has 2 N–H and O–H groups in total. The average molecular weight is 265 g/mol. The van der Waals surface area contributed by atoms with Gasteiger partial charge < -0.3 is 10.4 Å². The summed E-state index contributed by atoms with van der Waals surface area (Å²) >= 11 is 0. The highest BCUT2D eigenvalue weighted by Gasteiger charge is 2.42. The molecule has 1 aromatic rings. The van der Waals surface area contributed by atoms with E-state index in [-0.39, 0.29) is 11.5 Å². The second-order valence-electron chi connectivity index (χ2n) is 4.86. The van der Waals surface area contributed by atoms with E-state index in [0.717, 1.165) is 12.8 Å². The summed E-state index contributed by atoms with van der Waals surface area (Å²) in [4.78, 5) is 25.8. The Morgan fingerprint density at radius 1 is 1.53 bits per heavy atom. The molecule has 1 heterocycles. The molecule has 1 aliphatic rings. The van der Waals surface area contributed by atoms with Gasteiger partial charge >= 0.3 is 11.7 Å². The van der Waals surface area contributed by atoms with E-state index in [2.05, 4.69) is 10.3 Å². The number of anilines is 1. The van der Waals surface area contributed by atoms with Crippen LogP contribution >= 0.6 is 0 Å². The van der Waals surface area contributed by atoms with Crippen molar-refractivity contribution in [3.8, 4) is 0 Å². The second kappa shape index (κ2) is 4.83. The lowest BCUT2D eigenvalue weighted by atomic mass is 9.98. The third-order valence-corrected chi connectivity index (χ3v) is 3.43. The van der Waals surface area contributed by atoms with Crippen molar-refractivity contribution >= 4 is 17.5 Å². The van der Waals surface area contributed by atoms with E-state index in [4.69, 9.17) is 0 Å². The first-order valence-corrected chi connectivity index (χ1v) is 6.07. The van der Waals surface area contributed by atoms with Gasteiger partial charge in [-0.15, -0.1) is 0 Å². The van der Waals surface area contributed by atoms with Gasteiger partial charge in [-0.2, -0.15) is 0 Å². The maximum absolute atomic E-state index is 11.4. The summed E-state index contributed by atoms with van der Waals surface area (Å²) in [5, 5.41) is 23.1. The van der Waals surface area contributed by atoms with Gasteiger partial charge in [-0.1, -0.05) is 12.8 Å². The summed E-state index contributed by atoms with van der Waals surface area (Å²) in [7, 11) is 0. The maximum atomic E-state index is 11.4. The van der Waals surface area contributed by atoms with Crippen LogP contribution < -0.4 is 5.32 Å². The molecule has 0 saturated heterocycles. The van der Waals surface area contributed by atoms with E-state index in [9.17, 15) is 20.0 Å². The summed E-state index contributed by atoms with van der Waals surface area (Å²) in [5.74, 6) is -0.957. The SMILES string of the molecule is Cc1cnc(NC2(C(=O)O)CCCC2)c([N+](=O)[O-])c1. The van der Waals surface area contributed by atoms with E-state index in [1.165, 1.54) is 12.3 Å². The topological polar surface area (TPSA) is 105 Å². The van der Waals surface area contributed by atoms with Crippen molar-refractivity contribution in [1.82, 2.24) is 4.98 Å². The Hall–Kier alpha value is -2.18. The highest BCUT2D eigenvalue weighted by Crippen LogP contribution is 2.35. The highest BCUT2D eigenvalue weighted by atomic mass is 16.6. The van der Waals surface area contributed by atoms with Crippen LogP contribution in [0.25, 0.3) is 0 Å². The second-order valence-corrected chi connectivity index (χ2v) is 4.86. The molecule has 2 rings (SSSR count). The van der Waals surface area contributed by atoms with Crippen molar-refractivity contribution < 1.29 is 14.8 Å². The van der Waals surface area contributed by atoms with Gasteiger partial charge in [-0.25, -0.2) is 9.78 Å². The molecule has 7 heteroatoms. The Morgan fingerprint density at radius 3 is 2.68 bits per heavy atom. The van der Waals surface area contributed by atoms with Gasteiger partial charge in [-0.3, -0.25) is 10.1 Å². The van der Waals surface area contributed by atoms with E-state index >= 15 is 0 Å². The van der Waals surface area contributed by atoms with Crippen molar-refractivity contribution in [1.29, 1.82) is 0 Å². The largest absolute Gasteiger partial charge is 0.480 e. The number of nitrogens with zero attached hydrogens (tertiary/aromatic N) is 2. The van der Waals surface area contributed by atoms with Crippen molar-refractivity contribution in [2.24, 2.45) is 0 Å². The van der Waals surface area contributed by atoms with Crippen LogP contribution in [0, 0.1) is 17.0 Å². The number of carboxylic acids is 1. The van der Waals surface area contributed by atoms with Crippen molar-refractivity contribution in [3.05, 3.63) is 27.9 Å². The Morgan fingerprint density at radius 2 is 2.16 bits per heavy atom. The Labute approximate surface area is 109 Å². The van der Waals surface area contributed by atoms with E-state index in [1.54, 1.807) is 6.92 Å². The lowest BCUT2D eigenvalue weighted by molar-refractivity contribution is -0.384. The number of carboxylic acid groups (broad SMARTS) is 1. The maximum Gasteiger partial charge on any atom is 0.329 e. The fourth-order valence-electron chi connectivity index (χ4n) is 2.39. The molecular weight excluding hydrogens is 250 g/mol. The van der Waals surface area contributed by atoms with Crippen LogP contribution in [0.4, 0.5) is 11.5 Å². The number of hydrogen-bond donors (Lipinski definition) is 2. The molecule has 1 fully saturated rings. The fourth-order valence-corrected chi connectivity index (χ4v) is 2.39. The fraction of sp³-hybridized carbons (Fsp3) is 0.500. The minimum atomic E-state index is -1.13. The van der Waals surface area contributed by atoms with E-state index < -0.39 is 16.4 Å². The first kappa shape index (κ1) is 13.3. The molecule has 0 unspecified atom stereocenters. The number of pyridine rings is 1. The molecule has 102 valence electrons.